The molecule has 1 amide bonds. The van der Waals surface area contributed by atoms with Gasteiger partial charge >= 0.3 is 0 Å². The van der Waals surface area contributed by atoms with Crippen molar-refractivity contribution in [2.45, 2.75) is 44.4 Å². The number of rotatable bonds is 9. The van der Waals surface area contributed by atoms with Crippen molar-refractivity contribution in [1.29, 1.82) is 0 Å². The predicted molar refractivity (Wildman–Crippen MR) is 112 cm³/mol. The minimum atomic E-state index is -0.541. The number of allylic oxidation sites excluding steroid dienone is 1. The number of unbranched alkanes of at least 4 members (excludes halogenated alkanes) is 1. The summed E-state index contributed by atoms with van der Waals surface area (Å²) in [5.41, 5.74) is 1.89. The van der Waals surface area contributed by atoms with Crippen molar-refractivity contribution in [2.75, 3.05) is 13.2 Å². The summed E-state index contributed by atoms with van der Waals surface area (Å²) in [6.45, 7) is 2.41. The van der Waals surface area contributed by atoms with Gasteiger partial charge in [-0.25, -0.2) is 4.39 Å². The number of carbonyl (C=O) groups excluding carboxylic acids is 1. The number of nitrogens with one attached hydrogen (secondary N) is 1. The van der Waals surface area contributed by atoms with Gasteiger partial charge in [-0.1, -0.05) is 42.5 Å². The molecule has 30 heavy (non-hydrogen) atoms. The van der Waals surface area contributed by atoms with Crippen LogP contribution in [0.4, 0.5) is 4.39 Å². The van der Waals surface area contributed by atoms with Crippen molar-refractivity contribution in [3.63, 3.8) is 0 Å². The molecule has 0 saturated carbocycles. The van der Waals surface area contributed by atoms with Crippen molar-refractivity contribution in [2.24, 2.45) is 0 Å². The van der Waals surface area contributed by atoms with E-state index in [1.165, 1.54) is 12.1 Å². The van der Waals surface area contributed by atoms with Crippen LogP contribution in [0.25, 0.3) is 0 Å². The highest BCUT2D eigenvalue weighted by atomic mass is 19.1. The molecule has 160 valence electrons. The molecule has 0 fully saturated rings. The quantitative estimate of drug-likeness (QED) is 0.605. The van der Waals surface area contributed by atoms with Gasteiger partial charge in [-0.05, 0) is 49.1 Å². The van der Waals surface area contributed by atoms with Gasteiger partial charge < -0.3 is 19.9 Å². The average molecular weight is 413 g/mol. The number of benzene rings is 2. The number of hydrogen-bond acceptors (Lipinski definition) is 4. The lowest BCUT2D eigenvalue weighted by Crippen LogP contribution is -2.34. The number of halogens is 1. The Labute approximate surface area is 176 Å². The van der Waals surface area contributed by atoms with Crippen LogP contribution in [0.2, 0.25) is 0 Å². The van der Waals surface area contributed by atoms with Crippen LogP contribution >= 0.6 is 0 Å². The predicted octanol–water partition coefficient (Wildman–Crippen LogP) is 4.21. The fourth-order valence-electron chi connectivity index (χ4n) is 3.38. The number of amides is 1. The first kappa shape index (κ1) is 22.0. The van der Waals surface area contributed by atoms with E-state index in [0.29, 0.717) is 19.4 Å². The van der Waals surface area contributed by atoms with Gasteiger partial charge in [0.2, 0.25) is 6.29 Å². The number of aliphatic hydroxyl groups is 1. The van der Waals surface area contributed by atoms with Crippen molar-refractivity contribution in [1.82, 2.24) is 5.32 Å². The summed E-state index contributed by atoms with van der Waals surface area (Å²) in [6, 6.07) is 15.7. The Kier molecular flexibility index (Phi) is 7.99. The topological polar surface area (TPSA) is 67.8 Å². The van der Waals surface area contributed by atoms with E-state index in [9.17, 15) is 9.18 Å². The molecule has 3 atom stereocenters. The zero-order valence-electron chi connectivity index (χ0n) is 17.1. The third-order valence-electron chi connectivity index (χ3n) is 5.08. The largest absolute Gasteiger partial charge is 0.459 e. The van der Waals surface area contributed by atoms with E-state index in [4.69, 9.17) is 14.6 Å². The second-order valence-corrected chi connectivity index (χ2v) is 7.38. The third kappa shape index (κ3) is 6.15. The molecule has 6 heteroatoms. The molecule has 1 aliphatic heterocycles. The van der Waals surface area contributed by atoms with Crippen LogP contribution < -0.4 is 5.32 Å². The first-order chi connectivity index (χ1) is 14.6. The van der Waals surface area contributed by atoms with E-state index in [1.54, 1.807) is 12.1 Å². The van der Waals surface area contributed by atoms with E-state index >= 15 is 0 Å². The first-order valence-electron chi connectivity index (χ1n) is 10.3. The summed E-state index contributed by atoms with van der Waals surface area (Å²) in [5, 5.41) is 11.8. The summed E-state index contributed by atoms with van der Waals surface area (Å²) < 4.78 is 24.8. The molecule has 2 aromatic rings. The van der Waals surface area contributed by atoms with Gasteiger partial charge in [0.05, 0.1) is 12.6 Å². The molecule has 3 rings (SSSR count). The molecule has 0 unspecified atom stereocenters. The van der Waals surface area contributed by atoms with Crippen LogP contribution in [0.1, 0.15) is 49.3 Å². The second-order valence-electron chi connectivity index (χ2n) is 7.38. The molecule has 1 aliphatic rings. The number of ether oxygens (including phenoxy) is 2. The van der Waals surface area contributed by atoms with Crippen molar-refractivity contribution in [3.05, 3.63) is 83.4 Å². The van der Waals surface area contributed by atoms with Gasteiger partial charge in [-0.15, -0.1) is 0 Å². The Hall–Kier alpha value is -2.70. The molecule has 2 aromatic carbocycles. The smallest absolute Gasteiger partial charge is 0.286 e. The van der Waals surface area contributed by atoms with E-state index in [-0.39, 0.29) is 36.1 Å². The summed E-state index contributed by atoms with van der Waals surface area (Å²) in [6.07, 6.45) is 3.27. The van der Waals surface area contributed by atoms with Crippen LogP contribution in [0, 0.1) is 5.82 Å². The summed E-state index contributed by atoms with van der Waals surface area (Å²) in [5.74, 6) is -0.445. The highest BCUT2D eigenvalue weighted by Gasteiger charge is 2.29. The zero-order chi connectivity index (χ0) is 21.3. The third-order valence-corrected chi connectivity index (χ3v) is 5.08. The maximum atomic E-state index is 13.2. The highest BCUT2D eigenvalue weighted by Crippen LogP contribution is 2.31. The van der Waals surface area contributed by atoms with Crippen molar-refractivity contribution >= 4 is 5.91 Å². The molecule has 5 nitrogen and oxygen atoms in total. The Morgan fingerprint density at radius 1 is 1.20 bits per heavy atom. The molecule has 0 radical (unpaired) electrons. The second kappa shape index (κ2) is 10.9. The Bertz CT molecular complexity index is 838. The summed E-state index contributed by atoms with van der Waals surface area (Å²) >= 11 is 0. The summed E-state index contributed by atoms with van der Waals surface area (Å²) in [4.78, 5) is 12.9. The van der Waals surface area contributed by atoms with E-state index in [1.807, 2.05) is 43.3 Å². The zero-order valence-corrected chi connectivity index (χ0v) is 17.1. The van der Waals surface area contributed by atoms with Crippen LogP contribution in [-0.4, -0.2) is 30.5 Å². The normalized spacial score (nSPS) is 19.5. The maximum absolute atomic E-state index is 13.2. The molecule has 0 aromatic heterocycles. The van der Waals surface area contributed by atoms with Crippen LogP contribution in [-0.2, 0) is 14.3 Å². The lowest BCUT2D eigenvalue weighted by atomic mass is 9.93. The minimum Gasteiger partial charge on any atom is -0.459 e. The van der Waals surface area contributed by atoms with Gasteiger partial charge in [0.1, 0.15) is 5.82 Å². The average Bonchev–Trinajstić information content (AvgIpc) is 2.77. The lowest BCUT2D eigenvalue weighted by Gasteiger charge is -2.30. The van der Waals surface area contributed by atoms with Gasteiger partial charge in [0.25, 0.3) is 5.91 Å². The molecule has 0 aliphatic carbocycles. The summed E-state index contributed by atoms with van der Waals surface area (Å²) in [7, 11) is 0. The monoisotopic (exact) mass is 413 g/mol. The molecule has 0 spiro atoms. The Morgan fingerprint density at radius 2 is 1.93 bits per heavy atom. The molecular formula is C24H28FNO4. The first-order valence-corrected chi connectivity index (χ1v) is 10.3. The van der Waals surface area contributed by atoms with E-state index in [0.717, 1.165) is 17.5 Å². The number of carbonyl (C=O) groups is 1. The van der Waals surface area contributed by atoms with Crippen molar-refractivity contribution < 1.29 is 23.8 Å². The standard InChI is InChI=1S/C24H28FNO4/c1-17(18-9-11-21(25)12-10-18)26-24(28)22-15-20(19-7-3-2-4-8-19)16-23(30-22)29-14-6-5-13-27/h2-4,7-12,15,17,20,23,27H,5-6,13-14,16H2,1H3,(H,26,28)/t17-,20-,23+/m1/s1. The molecule has 2 N–H and O–H groups in total. The van der Waals surface area contributed by atoms with Gasteiger partial charge in [-0.2, -0.15) is 0 Å². The SMILES string of the molecule is C[C@@H](NC(=O)C1=C[C@@H](c2ccccc2)C[C@@H](OCCCCO)O1)c1ccc(F)cc1. The fourth-order valence-corrected chi connectivity index (χ4v) is 3.38. The minimum absolute atomic E-state index is 0.00957. The Balaban J connectivity index is 1.71. The van der Waals surface area contributed by atoms with Crippen LogP contribution in [0.15, 0.2) is 66.4 Å². The van der Waals surface area contributed by atoms with Crippen LogP contribution in [0.3, 0.4) is 0 Å². The number of hydrogen-bond donors (Lipinski definition) is 2. The van der Waals surface area contributed by atoms with Gasteiger partial charge in [0.15, 0.2) is 5.76 Å². The lowest BCUT2D eigenvalue weighted by molar-refractivity contribution is -0.146. The molecular weight excluding hydrogens is 385 g/mol. The maximum Gasteiger partial charge on any atom is 0.286 e. The molecule has 1 heterocycles. The van der Waals surface area contributed by atoms with Crippen LogP contribution in [0.5, 0.6) is 0 Å². The van der Waals surface area contributed by atoms with Gasteiger partial charge in [0, 0.05) is 18.9 Å². The Morgan fingerprint density at radius 3 is 2.63 bits per heavy atom. The van der Waals surface area contributed by atoms with Gasteiger partial charge in [-0.3, -0.25) is 4.79 Å². The molecule has 0 saturated heterocycles. The fraction of sp³-hybridized carbons (Fsp3) is 0.375. The van der Waals surface area contributed by atoms with E-state index < -0.39 is 6.29 Å². The van der Waals surface area contributed by atoms with Crippen molar-refractivity contribution in [3.8, 4) is 0 Å². The molecule has 0 bridgehead atoms. The van der Waals surface area contributed by atoms with E-state index in [2.05, 4.69) is 5.32 Å². The number of aliphatic hydroxyl groups excluding tert-OH is 1. The highest BCUT2D eigenvalue weighted by molar-refractivity contribution is 5.92.